The van der Waals surface area contributed by atoms with E-state index in [9.17, 15) is 4.39 Å². The fourth-order valence-corrected chi connectivity index (χ4v) is 2.41. The van der Waals surface area contributed by atoms with Crippen LogP contribution < -0.4 is 15.5 Å². The maximum absolute atomic E-state index is 12.9. The van der Waals surface area contributed by atoms with Crippen molar-refractivity contribution in [2.75, 3.05) is 5.32 Å². The van der Waals surface area contributed by atoms with Gasteiger partial charge in [-0.1, -0.05) is 30.3 Å². The van der Waals surface area contributed by atoms with Gasteiger partial charge >= 0.3 is 0 Å². The van der Waals surface area contributed by atoms with Crippen LogP contribution in [0.25, 0.3) is 0 Å². The van der Waals surface area contributed by atoms with Crippen LogP contribution >= 0.6 is 12.2 Å². The highest BCUT2D eigenvalue weighted by molar-refractivity contribution is 7.80. The maximum atomic E-state index is 12.9. The molecule has 6 heteroatoms. The van der Waals surface area contributed by atoms with E-state index < -0.39 is 0 Å². The van der Waals surface area contributed by atoms with Gasteiger partial charge in [-0.05, 0) is 71.9 Å². The smallest absolute Gasteiger partial charge is 0.191 e. The van der Waals surface area contributed by atoms with Crippen LogP contribution in [0.3, 0.4) is 0 Å². The Bertz CT molecular complexity index is 897. The minimum atomic E-state index is -0.255. The molecule has 136 valence electrons. The molecule has 0 radical (unpaired) electrons. The maximum Gasteiger partial charge on any atom is 0.191 e. The average molecular weight is 379 g/mol. The molecule has 0 aliphatic heterocycles. The number of benzene rings is 3. The lowest BCUT2D eigenvalue weighted by atomic mass is 10.2. The second kappa shape index (κ2) is 9.45. The van der Waals surface area contributed by atoms with E-state index in [2.05, 4.69) is 15.8 Å². The van der Waals surface area contributed by atoms with Gasteiger partial charge in [-0.15, -0.1) is 0 Å². The van der Waals surface area contributed by atoms with Crippen LogP contribution in [0.15, 0.2) is 84.0 Å². The summed E-state index contributed by atoms with van der Waals surface area (Å²) in [7, 11) is 0. The van der Waals surface area contributed by atoms with Gasteiger partial charge in [-0.2, -0.15) is 5.10 Å². The van der Waals surface area contributed by atoms with Crippen molar-refractivity contribution in [1.82, 2.24) is 5.43 Å². The van der Waals surface area contributed by atoms with E-state index in [0.717, 1.165) is 22.6 Å². The Balaban J connectivity index is 1.46. The fourth-order valence-electron chi connectivity index (χ4n) is 2.24. The van der Waals surface area contributed by atoms with Crippen molar-refractivity contribution in [3.8, 4) is 5.75 Å². The Morgan fingerprint density at radius 1 is 0.963 bits per heavy atom. The summed E-state index contributed by atoms with van der Waals surface area (Å²) in [6.07, 6.45) is 1.67. The van der Waals surface area contributed by atoms with Crippen molar-refractivity contribution in [3.63, 3.8) is 0 Å². The van der Waals surface area contributed by atoms with Crippen LogP contribution in [-0.2, 0) is 6.61 Å². The van der Waals surface area contributed by atoms with Crippen LogP contribution in [-0.4, -0.2) is 11.3 Å². The molecular formula is C21H18FN3OS. The lowest BCUT2D eigenvalue weighted by Gasteiger charge is -2.07. The van der Waals surface area contributed by atoms with Gasteiger partial charge in [-0.25, -0.2) is 4.39 Å². The van der Waals surface area contributed by atoms with Gasteiger partial charge in [0, 0.05) is 5.69 Å². The van der Waals surface area contributed by atoms with Crippen molar-refractivity contribution in [1.29, 1.82) is 0 Å². The van der Waals surface area contributed by atoms with Crippen LogP contribution in [0.2, 0.25) is 0 Å². The monoisotopic (exact) mass is 379 g/mol. The molecule has 2 N–H and O–H groups in total. The summed E-state index contributed by atoms with van der Waals surface area (Å²) < 4.78 is 18.6. The highest BCUT2D eigenvalue weighted by Crippen LogP contribution is 2.14. The molecule has 3 aromatic rings. The van der Waals surface area contributed by atoms with Crippen LogP contribution in [0.4, 0.5) is 10.1 Å². The second-order valence-electron chi connectivity index (χ2n) is 5.67. The molecular weight excluding hydrogens is 361 g/mol. The minimum absolute atomic E-state index is 0.255. The molecule has 0 aliphatic carbocycles. The minimum Gasteiger partial charge on any atom is -0.489 e. The zero-order valence-electron chi connectivity index (χ0n) is 14.4. The van der Waals surface area contributed by atoms with Crippen molar-refractivity contribution in [3.05, 3.63) is 95.8 Å². The van der Waals surface area contributed by atoms with E-state index in [4.69, 9.17) is 17.0 Å². The highest BCUT2D eigenvalue weighted by atomic mass is 32.1. The highest BCUT2D eigenvalue weighted by Gasteiger charge is 1.98. The van der Waals surface area contributed by atoms with Gasteiger partial charge in [0.1, 0.15) is 18.2 Å². The predicted octanol–water partition coefficient (Wildman–Crippen LogP) is 4.73. The summed E-state index contributed by atoms with van der Waals surface area (Å²) in [6, 6.07) is 23.3. The zero-order valence-corrected chi connectivity index (χ0v) is 15.2. The number of hydrogen-bond donors (Lipinski definition) is 2. The quantitative estimate of drug-likeness (QED) is 0.369. The Kier molecular flexibility index (Phi) is 6.49. The van der Waals surface area contributed by atoms with Gasteiger partial charge in [0.05, 0.1) is 6.21 Å². The molecule has 0 heterocycles. The predicted molar refractivity (Wildman–Crippen MR) is 111 cm³/mol. The van der Waals surface area contributed by atoms with Gasteiger partial charge in [0.2, 0.25) is 0 Å². The van der Waals surface area contributed by atoms with E-state index in [1.54, 1.807) is 18.3 Å². The number of para-hydroxylation sites is 1. The topological polar surface area (TPSA) is 45.6 Å². The van der Waals surface area contributed by atoms with Crippen molar-refractivity contribution in [2.24, 2.45) is 5.10 Å². The summed E-state index contributed by atoms with van der Waals surface area (Å²) >= 11 is 5.18. The third-order valence-electron chi connectivity index (χ3n) is 3.61. The number of hydrazone groups is 1. The zero-order chi connectivity index (χ0) is 18.9. The summed E-state index contributed by atoms with van der Waals surface area (Å²) in [4.78, 5) is 0. The summed E-state index contributed by atoms with van der Waals surface area (Å²) in [5.41, 5.74) is 5.48. The van der Waals surface area contributed by atoms with Gasteiger partial charge in [-0.3, -0.25) is 5.43 Å². The molecule has 0 amide bonds. The molecule has 27 heavy (non-hydrogen) atoms. The first-order valence-electron chi connectivity index (χ1n) is 8.31. The van der Waals surface area contributed by atoms with Crippen molar-refractivity contribution in [2.45, 2.75) is 6.61 Å². The number of anilines is 1. The molecule has 4 nitrogen and oxygen atoms in total. The summed E-state index contributed by atoms with van der Waals surface area (Å²) in [6.45, 7) is 0.384. The number of ether oxygens (including phenoxy) is 1. The largest absolute Gasteiger partial charge is 0.489 e. The lowest BCUT2D eigenvalue weighted by molar-refractivity contribution is 0.306. The molecule has 0 saturated heterocycles. The second-order valence-corrected chi connectivity index (χ2v) is 6.08. The van der Waals surface area contributed by atoms with E-state index in [1.165, 1.54) is 12.1 Å². The van der Waals surface area contributed by atoms with Crippen LogP contribution in [0.1, 0.15) is 11.1 Å². The number of nitrogens with one attached hydrogen (secondary N) is 2. The van der Waals surface area contributed by atoms with Gasteiger partial charge in [0.25, 0.3) is 0 Å². The SMILES string of the molecule is Fc1ccc(COc2ccc(/C=N/NC(=S)Nc3ccccc3)cc2)cc1. The Labute approximate surface area is 162 Å². The molecule has 0 unspecified atom stereocenters. The fraction of sp³-hybridized carbons (Fsp3) is 0.0476. The van der Waals surface area contributed by atoms with Gasteiger partial charge < -0.3 is 10.1 Å². The Morgan fingerprint density at radius 3 is 2.37 bits per heavy atom. The van der Waals surface area contributed by atoms with Gasteiger partial charge in [0.15, 0.2) is 5.11 Å². The van der Waals surface area contributed by atoms with Crippen LogP contribution in [0.5, 0.6) is 5.75 Å². The number of nitrogens with zero attached hydrogens (tertiary/aromatic N) is 1. The number of halogens is 1. The van der Waals surface area contributed by atoms with E-state index in [-0.39, 0.29) is 5.82 Å². The molecule has 0 atom stereocenters. The molecule has 0 spiro atoms. The molecule has 0 aliphatic rings. The van der Waals surface area contributed by atoms with E-state index in [0.29, 0.717) is 11.7 Å². The standard InChI is InChI=1S/C21H18FN3OS/c22-18-10-6-17(7-11-18)15-26-20-12-8-16(9-13-20)14-23-25-21(27)24-19-4-2-1-3-5-19/h1-14H,15H2,(H2,24,25,27)/b23-14+. The van der Waals surface area contributed by atoms with Crippen molar-refractivity contribution < 1.29 is 9.13 Å². The number of hydrogen-bond acceptors (Lipinski definition) is 3. The Morgan fingerprint density at radius 2 is 1.67 bits per heavy atom. The Hall–Kier alpha value is -3.25. The lowest BCUT2D eigenvalue weighted by Crippen LogP contribution is -2.23. The van der Waals surface area contributed by atoms with Crippen molar-refractivity contribution >= 4 is 29.2 Å². The van der Waals surface area contributed by atoms with E-state index in [1.807, 2.05) is 54.6 Å². The summed E-state index contributed by atoms with van der Waals surface area (Å²) in [5.74, 6) is 0.472. The third kappa shape index (κ3) is 6.20. The third-order valence-corrected chi connectivity index (χ3v) is 3.80. The molecule has 0 fully saturated rings. The number of thiocarbonyl (C=S) groups is 1. The first-order valence-corrected chi connectivity index (χ1v) is 8.72. The molecule has 3 aromatic carbocycles. The normalized spacial score (nSPS) is 10.6. The first kappa shape index (κ1) is 18.5. The summed E-state index contributed by atoms with van der Waals surface area (Å²) in [5, 5.41) is 7.56. The van der Waals surface area contributed by atoms with Crippen LogP contribution in [0, 0.1) is 5.82 Å². The van der Waals surface area contributed by atoms with E-state index >= 15 is 0 Å². The average Bonchev–Trinajstić information content (AvgIpc) is 2.69. The molecule has 0 bridgehead atoms. The molecule has 0 aromatic heterocycles. The molecule has 0 saturated carbocycles. The number of rotatable bonds is 6. The molecule has 3 rings (SSSR count). The first-order chi connectivity index (χ1) is 13.2.